The molecule has 1 aliphatic rings. The smallest absolute Gasteiger partial charge is 0.335 e. The van der Waals surface area contributed by atoms with Crippen LogP contribution in [0.1, 0.15) is 15.9 Å². The Morgan fingerprint density at radius 2 is 1.84 bits per heavy atom. The van der Waals surface area contributed by atoms with Crippen molar-refractivity contribution in [3.8, 4) is 0 Å². The molecule has 3 rings (SSSR count). The van der Waals surface area contributed by atoms with Crippen molar-refractivity contribution < 1.29 is 14.7 Å². The highest BCUT2D eigenvalue weighted by atomic mass is 35.5. The number of nitrogens with zero attached hydrogens (tertiary/aromatic N) is 1. The summed E-state index contributed by atoms with van der Waals surface area (Å²) in [6, 6.07) is 11.0. The van der Waals surface area contributed by atoms with Crippen LogP contribution in [0.3, 0.4) is 0 Å². The third kappa shape index (κ3) is 3.72. The van der Waals surface area contributed by atoms with Crippen LogP contribution in [-0.4, -0.2) is 21.3 Å². The van der Waals surface area contributed by atoms with Gasteiger partial charge in [0.2, 0.25) is 0 Å². The van der Waals surface area contributed by atoms with E-state index in [1.54, 1.807) is 36.4 Å². The van der Waals surface area contributed by atoms with Gasteiger partial charge in [-0.2, -0.15) is 0 Å². The SMILES string of the molecule is O=C(O)c1ccc(C=C2SC(=S)N(c3ccc(Cl)cc3Cl)C2=O)cc1. The van der Waals surface area contributed by atoms with Gasteiger partial charge in [-0.05, 0) is 42.0 Å². The summed E-state index contributed by atoms with van der Waals surface area (Å²) >= 11 is 18.5. The van der Waals surface area contributed by atoms with Crippen molar-refractivity contribution in [2.24, 2.45) is 0 Å². The quantitative estimate of drug-likeness (QED) is 0.564. The number of aromatic carboxylic acids is 1. The Bertz CT molecular complexity index is 926. The standard InChI is InChI=1S/C17H9Cl2NO3S2/c18-11-5-6-13(12(19)8-11)20-15(21)14(25-17(20)24)7-9-1-3-10(4-2-9)16(22)23/h1-8H,(H,22,23). The predicted octanol–water partition coefficient (Wildman–Crippen LogP) is 5.10. The minimum atomic E-state index is -1.00. The van der Waals surface area contributed by atoms with Crippen LogP contribution >= 0.6 is 47.2 Å². The monoisotopic (exact) mass is 409 g/mol. The number of anilines is 1. The van der Waals surface area contributed by atoms with E-state index in [1.165, 1.54) is 17.0 Å². The second-order valence-corrected chi connectivity index (χ2v) is 7.56. The van der Waals surface area contributed by atoms with E-state index in [1.807, 2.05) is 0 Å². The molecule has 0 aliphatic carbocycles. The molecule has 0 unspecified atom stereocenters. The molecule has 0 radical (unpaired) electrons. The first-order valence-corrected chi connectivity index (χ1v) is 8.91. The molecule has 1 heterocycles. The van der Waals surface area contributed by atoms with Gasteiger partial charge >= 0.3 is 5.97 Å². The zero-order chi connectivity index (χ0) is 18.1. The van der Waals surface area contributed by atoms with Crippen molar-refractivity contribution in [1.82, 2.24) is 0 Å². The molecule has 1 aliphatic heterocycles. The number of carbonyl (C=O) groups excluding carboxylic acids is 1. The number of amides is 1. The minimum absolute atomic E-state index is 0.178. The third-order valence-corrected chi connectivity index (χ3v) is 5.24. The van der Waals surface area contributed by atoms with E-state index >= 15 is 0 Å². The lowest BCUT2D eigenvalue weighted by molar-refractivity contribution is -0.113. The summed E-state index contributed by atoms with van der Waals surface area (Å²) in [6.07, 6.45) is 1.66. The molecule has 1 fully saturated rings. The molecule has 1 N–H and O–H groups in total. The first kappa shape index (κ1) is 17.9. The average molecular weight is 410 g/mol. The van der Waals surface area contributed by atoms with Gasteiger partial charge in [-0.1, -0.05) is 59.3 Å². The number of carbonyl (C=O) groups is 2. The van der Waals surface area contributed by atoms with Gasteiger partial charge in [0.25, 0.3) is 5.91 Å². The fourth-order valence-electron chi connectivity index (χ4n) is 2.21. The van der Waals surface area contributed by atoms with Gasteiger partial charge in [0.15, 0.2) is 4.32 Å². The van der Waals surface area contributed by atoms with E-state index in [-0.39, 0.29) is 11.5 Å². The van der Waals surface area contributed by atoms with Crippen LogP contribution in [0.2, 0.25) is 10.0 Å². The van der Waals surface area contributed by atoms with Crippen LogP contribution < -0.4 is 4.90 Å². The number of thiocarbonyl (C=S) groups is 1. The van der Waals surface area contributed by atoms with Crippen molar-refractivity contribution in [1.29, 1.82) is 0 Å². The van der Waals surface area contributed by atoms with Gasteiger partial charge in [-0.25, -0.2) is 4.79 Å². The fraction of sp³-hybridized carbons (Fsp3) is 0. The maximum absolute atomic E-state index is 12.7. The Morgan fingerprint density at radius 1 is 1.16 bits per heavy atom. The van der Waals surface area contributed by atoms with Gasteiger partial charge in [-0.3, -0.25) is 9.69 Å². The molecule has 1 amide bonds. The number of halogens is 2. The first-order chi connectivity index (χ1) is 11.9. The average Bonchev–Trinajstić information content (AvgIpc) is 2.82. The molecule has 8 heteroatoms. The second-order valence-electron chi connectivity index (χ2n) is 5.04. The number of carboxylic acid groups (broad SMARTS) is 1. The van der Waals surface area contributed by atoms with Crippen LogP contribution in [0.15, 0.2) is 47.4 Å². The Kier molecular flexibility index (Phi) is 5.15. The minimum Gasteiger partial charge on any atom is -0.478 e. The Labute approximate surface area is 163 Å². The van der Waals surface area contributed by atoms with Crippen LogP contribution in [0.5, 0.6) is 0 Å². The number of carboxylic acids is 1. The van der Waals surface area contributed by atoms with E-state index in [9.17, 15) is 9.59 Å². The lowest BCUT2D eigenvalue weighted by Crippen LogP contribution is -2.27. The van der Waals surface area contributed by atoms with E-state index < -0.39 is 5.97 Å². The number of benzene rings is 2. The van der Waals surface area contributed by atoms with Crippen LogP contribution in [-0.2, 0) is 4.79 Å². The molecule has 0 spiro atoms. The highest BCUT2D eigenvalue weighted by molar-refractivity contribution is 8.27. The van der Waals surface area contributed by atoms with Crippen molar-refractivity contribution in [2.75, 3.05) is 4.90 Å². The third-order valence-electron chi connectivity index (χ3n) is 3.40. The number of hydrogen-bond acceptors (Lipinski definition) is 4. The van der Waals surface area contributed by atoms with Crippen molar-refractivity contribution in [3.05, 3.63) is 68.5 Å². The molecular formula is C17H9Cl2NO3S2. The summed E-state index contributed by atoms with van der Waals surface area (Å²) < 4.78 is 0.364. The lowest BCUT2D eigenvalue weighted by Gasteiger charge is -2.16. The number of rotatable bonds is 3. The second kappa shape index (κ2) is 7.17. The molecule has 126 valence electrons. The lowest BCUT2D eigenvalue weighted by atomic mass is 10.1. The summed E-state index contributed by atoms with van der Waals surface area (Å²) in [5.41, 5.74) is 1.35. The molecule has 1 saturated heterocycles. The van der Waals surface area contributed by atoms with Gasteiger partial charge < -0.3 is 5.11 Å². The molecule has 0 atom stereocenters. The molecule has 0 bridgehead atoms. The van der Waals surface area contributed by atoms with Crippen molar-refractivity contribution in [3.63, 3.8) is 0 Å². The Balaban J connectivity index is 1.91. The van der Waals surface area contributed by atoms with Crippen LogP contribution in [0, 0.1) is 0 Å². The van der Waals surface area contributed by atoms with Gasteiger partial charge in [0.05, 0.1) is 21.2 Å². The van der Waals surface area contributed by atoms with Crippen LogP contribution in [0.25, 0.3) is 6.08 Å². The molecule has 0 aromatic heterocycles. The maximum Gasteiger partial charge on any atom is 0.335 e. The Morgan fingerprint density at radius 3 is 2.44 bits per heavy atom. The molecule has 0 saturated carbocycles. The largest absolute Gasteiger partial charge is 0.478 e. The zero-order valence-corrected chi connectivity index (χ0v) is 15.5. The topological polar surface area (TPSA) is 57.6 Å². The van der Waals surface area contributed by atoms with Crippen molar-refractivity contribution >= 4 is 75.1 Å². The highest BCUT2D eigenvalue weighted by Crippen LogP contribution is 2.39. The summed E-state index contributed by atoms with van der Waals surface area (Å²) in [5.74, 6) is -1.29. The molecular weight excluding hydrogens is 401 g/mol. The van der Waals surface area contributed by atoms with E-state index in [0.29, 0.717) is 30.5 Å². The van der Waals surface area contributed by atoms with E-state index in [4.69, 9.17) is 40.5 Å². The zero-order valence-electron chi connectivity index (χ0n) is 12.4. The van der Waals surface area contributed by atoms with Gasteiger partial charge in [0.1, 0.15) is 0 Å². The Hall–Kier alpha value is -1.86. The van der Waals surface area contributed by atoms with Crippen LogP contribution in [0.4, 0.5) is 5.69 Å². The van der Waals surface area contributed by atoms with Gasteiger partial charge in [-0.15, -0.1) is 0 Å². The fourth-order valence-corrected chi connectivity index (χ4v) is 3.99. The highest BCUT2D eigenvalue weighted by Gasteiger charge is 2.34. The van der Waals surface area contributed by atoms with Crippen molar-refractivity contribution in [2.45, 2.75) is 0 Å². The number of hydrogen-bond donors (Lipinski definition) is 1. The van der Waals surface area contributed by atoms with Gasteiger partial charge in [0, 0.05) is 5.02 Å². The molecule has 25 heavy (non-hydrogen) atoms. The summed E-state index contributed by atoms with van der Waals surface area (Å²) in [4.78, 5) is 25.4. The predicted molar refractivity (Wildman–Crippen MR) is 106 cm³/mol. The molecule has 2 aromatic rings. The summed E-state index contributed by atoms with van der Waals surface area (Å²) in [5, 5.41) is 9.72. The molecule has 4 nitrogen and oxygen atoms in total. The molecule has 2 aromatic carbocycles. The van der Waals surface area contributed by atoms with E-state index in [0.717, 1.165) is 11.8 Å². The summed E-state index contributed by atoms with van der Waals surface area (Å²) in [7, 11) is 0. The van der Waals surface area contributed by atoms with E-state index in [2.05, 4.69) is 0 Å². The normalized spacial score (nSPS) is 15.9. The summed E-state index contributed by atoms with van der Waals surface area (Å²) in [6.45, 7) is 0. The number of thioether (sulfide) groups is 1. The maximum atomic E-state index is 12.7. The first-order valence-electron chi connectivity index (χ1n) is 6.93.